The normalized spacial score (nSPS) is 17.9. The second-order valence-electron chi connectivity index (χ2n) is 5.21. The molecule has 2 aromatic heterocycles. The zero-order chi connectivity index (χ0) is 14.4. The van der Waals surface area contributed by atoms with Crippen LogP contribution in [0.5, 0.6) is 0 Å². The average molecular weight is 319 g/mol. The standard InChI is InChI=1S/C15H12Cl2N4/c16-13-12-14(20-15(17)19-13)18-8-21(12)11-7-3-5-9-4-1-2-6-10(9)11/h1-2,4,6,8,11H,3,5,7H2. The molecular formula is C15H12Cl2N4. The number of aryl methyl sites for hydroxylation is 1. The Morgan fingerprint density at radius 2 is 2.00 bits per heavy atom. The zero-order valence-electron chi connectivity index (χ0n) is 11.1. The molecule has 6 heteroatoms. The maximum Gasteiger partial charge on any atom is 0.225 e. The van der Waals surface area contributed by atoms with Gasteiger partial charge >= 0.3 is 0 Å². The fourth-order valence-corrected chi connectivity index (χ4v) is 3.60. The van der Waals surface area contributed by atoms with E-state index in [4.69, 9.17) is 23.2 Å². The van der Waals surface area contributed by atoms with Gasteiger partial charge in [0.15, 0.2) is 10.8 Å². The lowest BCUT2D eigenvalue weighted by atomic mass is 9.87. The van der Waals surface area contributed by atoms with Gasteiger partial charge in [-0.25, -0.2) is 9.97 Å². The summed E-state index contributed by atoms with van der Waals surface area (Å²) in [6.45, 7) is 0. The number of imidazole rings is 1. The Kier molecular flexibility index (Phi) is 3.08. The van der Waals surface area contributed by atoms with Crippen molar-refractivity contribution in [2.75, 3.05) is 0 Å². The van der Waals surface area contributed by atoms with E-state index in [1.54, 1.807) is 6.33 Å². The Morgan fingerprint density at radius 1 is 1.14 bits per heavy atom. The summed E-state index contributed by atoms with van der Waals surface area (Å²) in [6.07, 6.45) is 5.11. The van der Waals surface area contributed by atoms with Crippen molar-refractivity contribution in [3.05, 3.63) is 52.2 Å². The minimum Gasteiger partial charge on any atom is -0.319 e. The highest BCUT2D eigenvalue weighted by Gasteiger charge is 2.24. The number of aromatic nitrogens is 4. The van der Waals surface area contributed by atoms with Crippen LogP contribution in [0.15, 0.2) is 30.6 Å². The predicted octanol–water partition coefficient (Wildman–Crippen LogP) is 4.06. The first-order chi connectivity index (χ1) is 10.2. The molecule has 1 aliphatic rings. The summed E-state index contributed by atoms with van der Waals surface area (Å²) < 4.78 is 2.08. The van der Waals surface area contributed by atoms with Gasteiger partial charge in [0.1, 0.15) is 5.52 Å². The van der Waals surface area contributed by atoms with Gasteiger partial charge in [-0.3, -0.25) is 0 Å². The number of benzene rings is 1. The van der Waals surface area contributed by atoms with Gasteiger partial charge in [-0.2, -0.15) is 4.98 Å². The molecule has 0 fully saturated rings. The molecule has 0 radical (unpaired) electrons. The zero-order valence-corrected chi connectivity index (χ0v) is 12.6. The van der Waals surface area contributed by atoms with Crippen molar-refractivity contribution in [2.24, 2.45) is 0 Å². The lowest BCUT2D eigenvalue weighted by Gasteiger charge is -2.27. The summed E-state index contributed by atoms with van der Waals surface area (Å²) >= 11 is 12.1. The molecule has 3 aromatic rings. The fourth-order valence-electron chi connectivity index (χ4n) is 3.13. The van der Waals surface area contributed by atoms with Crippen molar-refractivity contribution in [3.63, 3.8) is 0 Å². The van der Waals surface area contributed by atoms with Crippen molar-refractivity contribution in [1.29, 1.82) is 0 Å². The number of rotatable bonds is 1. The number of hydrogen-bond donors (Lipinski definition) is 0. The molecule has 0 bridgehead atoms. The average Bonchev–Trinajstić information content (AvgIpc) is 2.90. The van der Waals surface area contributed by atoms with Crippen LogP contribution in [0.2, 0.25) is 10.4 Å². The summed E-state index contributed by atoms with van der Waals surface area (Å²) in [5.41, 5.74) is 4.02. The van der Waals surface area contributed by atoms with Crippen LogP contribution in [0, 0.1) is 0 Å². The van der Waals surface area contributed by atoms with E-state index in [1.807, 2.05) is 0 Å². The molecule has 1 aliphatic carbocycles. The summed E-state index contributed by atoms with van der Waals surface area (Å²) in [7, 11) is 0. The lowest BCUT2D eigenvalue weighted by Crippen LogP contribution is -2.16. The van der Waals surface area contributed by atoms with E-state index in [2.05, 4.69) is 43.8 Å². The maximum atomic E-state index is 6.26. The third kappa shape index (κ3) is 2.10. The van der Waals surface area contributed by atoms with Crippen LogP contribution in [-0.2, 0) is 6.42 Å². The second-order valence-corrected chi connectivity index (χ2v) is 5.91. The minimum atomic E-state index is 0.127. The molecule has 106 valence electrons. The van der Waals surface area contributed by atoms with Crippen LogP contribution in [-0.4, -0.2) is 19.5 Å². The number of fused-ring (bicyclic) bond motifs is 2. The van der Waals surface area contributed by atoms with Crippen molar-refractivity contribution in [1.82, 2.24) is 19.5 Å². The molecule has 21 heavy (non-hydrogen) atoms. The summed E-state index contributed by atoms with van der Waals surface area (Å²) in [5.74, 6) is 0. The molecule has 0 aliphatic heterocycles. The van der Waals surface area contributed by atoms with Crippen LogP contribution >= 0.6 is 23.2 Å². The van der Waals surface area contributed by atoms with Crippen molar-refractivity contribution in [2.45, 2.75) is 25.3 Å². The Morgan fingerprint density at radius 3 is 2.90 bits per heavy atom. The molecule has 0 N–H and O–H groups in total. The molecule has 4 nitrogen and oxygen atoms in total. The first-order valence-corrected chi connectivity index (χ1v) is 7.63. The van der Waals surface area contributed by atoms with Crippen molar-refractivity contribution in [3.8, 4) is 0 Å². The van der Waals surface area contributed by atoms with E-state index in [0.29, 0.717) is 10.8 Å². The topological polar surface area (TPSA) is 43.6 Å². The number of nitrogens with zero attached hydrogens (tertiary/aromatic N) is 4. The van der Waals surface area contributed by atoms with Gasteiger partial charge < -0.3 is 4.57 Å². The Balaban J connectivity index is 1.92. The van der Waals surface area contributed by atoms with E-state index in [-0.39, 0.29) is 11.3 Å². The van der Waals surface area contributed by atoms with Crippen LogP contribution in [0.25, 0.3) is 11.2 Å². The van der Waals surface area contributed by atoms with Crippen LogP contribution in [0.4, 0.5) is 0 Å². The molecule has 1 unspecified atom stereocenters. The Bertz CT molecular complexity index is 828. The Hall–Kier alpha value is -1.65. The molecule has 1 atom stereocenters. The van der Waals surface area contributed by atoms with Crippen LogP contribution < -0.4 is 0 Å². The Labute approximate surface area is 131 Å². The van der Waals surface area contributed by atoms with Gasteiger partial charge in [-0.15, -0.1) is 0 Å². The third-order valence-corrected chi connectivity index (χ3v) is 4.46. The largest absolute Gasteiger partial charge is 0.319 e. The maximum absolute atomic E-state index is 6.26. The molecular weight excluding hydrogens is 307 g/mol. The van der Waals surface area contributed by atoms with Gasteiger partial charge in [0, 0.05) is 0 Å². The molecule has 0 spiro atoms. The highest BCUT2D eigenvalue weighted by Crippen LogP contribution is 2.35. The molecule has 4 rings (SSSR count). The number of halogens is 2. The van der Waals surface area contributed by atoms with Gasteiger partial charge in [0.05, 0.1) is 12.4 Å². The van der Waals surface area contributed by atoms with E-state index in [1.165, 1.54) is 11.1 Å². The summed E-state index contributed by atoms with van der Waals surface area (Å²) in [5, 5.41) is 0.479. The van der Waals surface area contributed by atoms with E-state index in [0.717, 1.165) is 24.8 Å². The van der Waals surface area contributed by atoms with Crippen LogP contribution in [0.3, 0.4) is 0 Å². The smallest absolute Gasteiger partial charge is 0.225 e. The molecule has 1 aromatic carbocycles. The fraction of sp³-hybridized carbons (Fsp3) is 0.267. The SMILES string of the molecule is Clc1nc(Cl)c2c(ncn2C2CCCc3ccccc32)n1. The second kappa shape index (κ2) is 4.97. The molecule has 0 amide bonds. The monoisotopic (exact) mass is 318 g/mol. The van der Waals surface area contributed by atoms with Crippen molar-refractivity contribution < 1.29 is 0 Å². The summed E-state index contributed by atoms with van der Waals surface area (Å²) in [6, 6.07) is 8.75. The van der Waals surface area contributed by atoms with Gasteiger partial charge in [-0.1, -0.05) is 35.9 Å². The van der Waals surface area contributed by atoms with E-state index in [9.17, 15) is 0 Å². The molecule has 0 saturated carbocycles. The van der Waals surface area contributed by atoms with Crippen LogP contribution in [0.1, 0.15) is 30.0 Å². The lowest BCUT2D eigenvalue weighted by molar-refractivity contribution is 0.499. The number of hydrogen-bond acceptors (Lipinski definition) is 3. The minimum absolute atomic E-state index is 0.127. The van der Waals surface area contributed by atoms with E-state index < -0.39 is 0 Å². The first kappa shape index (κ1) is 13.0. The third-order valence-electron chi connectivity index (χ3n) is 4.03. The molecule has 2 heterocycles. The highest BCUT2D eigenvalue weighted by molar-refractivity contribution is 6.35. The quantitative estimate of drug-likeness (QED) is 0.502. The first-order valence-electron chi connectivity index (χ1n) is 6.87. The summed E-state index contributed by atoms with van der Waals surface area (Å²) in [4.78, 5) is 12.5. The van der Waals surface area contributed by atoms with Gasteiger partial charge in [0.25, 0.3) is 0 Å². The van der Waals surface area contributed by atoms with Crippen molar-refractivity contribution >= 4 is 34.4 Å². The van der Waals surface area contributed by atoms with E-state index >= 15 is 0 Å². The molecule has 0 saturated heterocycles. The predicted molar refractivity (Wildman–Crippen MR) is 82.9 cm³/mol. The van der Waals surface area contributed by atoms with Gasteiger partial charge in [0.2, 0.25) is 5.28 Å². The van der Waals surface area contributed by atoms with Gasteiger partial charge in [-0.05, 0) is 42.0 Å². The highest BCUT2D eigenvalue weighted by atomic mass is 35.5.